The normalized spacial score (nSPS) is 17.1. The Morgan fingerprint density at radius 2 is 1.78 bits per heavy atom. The average Bonchev–Trinajstić information content (AvgIpc) is 3.02. The number of rotatable bonds is 3. The van der Waals surface area contributed by atoms with Crippen molar-refractivity contribution in [1.29, 1.82) is 0 Å². The lowest BCUT2D eigenvalue weighted by Crippen LogP contribution is -2.33. The Hall–Kier alpha value is -2.66. The highest BCUT2D eigenvalue weighted by Crippen LogP contribution is 2.17. The van der Waals surface area contributed by atoms with Crippen LogP contribution >= 0.6 is 0 Å². The molecule has 2 aromatic rings. The minimum atomic E-state index is -0.452. The Morgan fingerprint density at radius 3 is 2.48 bits per heavy atom. The summed E-state index contributed by atoms with van der Waals surface area (Å²) in [5.74, 6) is -0.0849. The van der Waals surface area contributed by atoms with E-state index in [-0.39, 0.29) is 11.8 Å². The number of benzene rings is 2. The first-order valence-corrected chi connectivity index (χ1v) is 7.57. The summed E-state index contributed by atoms with van der Waals surface area (Å²) < 4.78 is 0. The maximum absolute atomic E-state index is 12.4. The molecule has 1 aliphatic rings. The van der Waals surface area contributed by atoms with Gasteiger partial charge in [0.05, 0.1) is 6.10 Å². The van der Waals surface area contributed by atoms with Crippen LogP contribution < -0.4 is 5.32 Å². The van der Waals surface area contributed by atoms with Gasteiger partial charge in [0.2, 0.25) is 0 Å². The number of anilines is 1. The van der Waals surface area contributed by atoms with Crippen LogP contribution in [0.15, 0.2) is 54.6 Å². The Kier molecular flexibility index (Phi) is 4.39. The molecule has 5 nitrogen and oxygen atoms in total. The molecule has 1 atom stereocenters. The fourth-order valence-corrected chi connectivity index (χ4v) is 2.62. The molecule has 2 amide bonds. The van der Waals surface area contributed by atoms with Gasteiger partial charge in [-0.3, -0.25) is 4.79 Å². The van der Waals surface area contributed by atoms with Crippen molar-refractivity contribution in [2.24, 2.45) is 0 Å². The van der Waals surface area contributed by atoms with Gasteiger partial charge in [0.15, 0.2) is 5.78 Å². The van der Waals surface area contributed by atoms with Crippen molar-refractivity contribution in [2.45, 2.75) is 12.5 Å². The second-order valence-corrected chi connectivity index (χ2v) is 5.59. The van der Waals surface area contributed by atoms with Gasteiger partial charge in [-0.1, -0.05) is 42.5 Å². The maximum atomic E-state index is 12.4. The van der Waals surface area contributed by atoms with Crippen molar-refractivity contribution < 1.29 is 14.7 Å². The van der Waals surface area contributed by atoms with Crippen molar-refractivity contribution in [3.8, 4) is 0 Å². The zero-order chi connectivity index (χ0) is 16.2. The fourth-order valence-electron chi connectivity index (χ4n) is 2.62. The van der Waals surface area contributed by atoms with Crippen molar-refractivity contribution in [3.05, 3.63) is 65.7 Å². The molecule has 0 aliphatic carbocycles. The highest BCUT2D eigenvalue weighted by atomic mass is 16.3. The summed E-state index contributed by atoms with van der Waals surface area (Å²) >= 11 is 0. The standard InChI is InChI=1S/C18H18N2O3/c21-16-9-10-20(12-16)18(23)19-15-8-4-7-14(11-15)17(22)13-5-2-1-3-6-13/h1-8,11,16,21H,9-10,12H2,(H,19,23)/t16-/m1/s1. The van der Waals surface area contributed by atoms with E-state index in [2.05, 4.69) is 5.32 Å². The summed E-state index contributed by atoms with van der Waals surface area (Å²) in [6.07, 6.45) is 0.145. The van der Waals surface area contributed by atoms with Gasteiger partial charge in [-0.05, 0) is 18.6 Å². The zero-order valence-electron chi connectivity index (χ0n) is 12.6. The van der Waals surface area contributed by atoms with E-state index >= 15 is 0 Å². The van der Waals surface area contributed by atoms with E-state index in [0.29, 0.717) is 36.3 Å². The van der Waals surface area contributed by atoms with E-state index in [1.165, 1.54) is 0 Å². The van der Waals surface area contributed by atoms with Crippen LogP contribution in [-0.2, 0) is 0 Å². The third-order valence-corrected chi connectivity index (χ3v) is 3.86. The predicted molar refractivity (Wildman–Crippen MR) is 87.5 cm³/mol. The summed E-state index contributed by atoms with van der Waals surface area (Å²) in [5, 5.41) is 12.3. The van der Waals surface area contributed by atoms with Crippen molar-refractivity contribution in [1.82, 2.24) is 4.90 Å². The minimum Gasteiger partial charge on any atom is -0.391 e. The predicted octanol–water partition coefficient (Wildman–Crippen LogP) is 2.52. The van der Waals surface area contributed by atoms with Gasteiger partial charge in [-0.2, -0.15) is 0 Å². The van der Waals surface area contributed by atoms with Crippen molar-refractivity contribution >= 4 is 17.5 Å². The Balaban J connectivity index is 1.73. The van der Waals surface area contributed by atoms with Crippen LogP contribution in [0.5, 0.6) is 0 Å². The topological polar surface area (TPSA) is 69.6 Å². The highest BCUT2D eigenvalue weighted by molar-refractivity contribution is 6.09. The molecular weight excluding hydrogens is 292 g/mol. The molecule has 0 saturated carbocycles. The minimum absolute atomic E-state index is 0.0849. The van der Waals surface area contributed by atoms with E-state index in [9.17, 15) is 14.7 Å². The van der Waals surface area contributed by atoms with Crippen LogP contribution in [0.3, 0.4) is 0 Å². The molecular formula is C18H18N2O3. The SMILES string of the molecule is O=C(c1ccccc1)c1cccc(NC(=O)N2CC[C@@H](O)C2)c1. The van der Waals surface area contributed by atoms with Crippen molar-refractivity contribution in [3.63, 3.8) is 0 Å². The van der Waals surface area contributed by atoms with E-state index in [0.717, 1.165) is 0 Å². The summed E-state index contributed by atoms with van der Waals surface area (Å²) in [6, 6.07) is 15.6. The number of β-amino-alcohol motifs (C(OH)–C–C–N with tert-alkyl or cyclic N) is 1. The van der Waals surface area contributed by atoms with E-state index in [1.807, 2.05) is 18.2 Å². The lowest BCUT2D eigenvalue weighted by molar-refractivity contribution is 0.103. The Morgan fingerprint density at radius 1 is 1.04 bits per heavy atom. The molecule has 1 aliphatic heterocycles. The number of ketones is 1. The molecule has 118 valence electrons. The van der Waals surface area contributed by atoms with E-state index < -0.39 is 6.10 Å². The second kappa shape index (κ2) is 6.62. The second-order valence-electron chi connectivity index (χ2n) is 5.59. The van der Waals surface area contributed by atoms with Gasteiger partial charge in [0.1, 0.15) is 0 Å². The molecule has 0 radical (unpaired) electrons. The van der Waals surface area contributed by atoms with Gasteiger partial charge in [0.25, 0.3) is 0 Å². The Labute approximate surface area is 134 Å². The largest absolute Gasteiger partial charge is 0.391 e. The first-order chi connectivity index (χ1) is 11.1. The first-order valence-electron chi connectivity index (χ1n) is 7.57. The van der Waals surface area contributed by atoms with Crippen LogP contribution in [-0.4, -0.2) is 41.0 Å². The van der Waals surface area contributed by atoms with Crippen LogP contribution in [0.2, 0.25) is 0 Å². The number of aliphatic hydroxyl groups is 1. The van der Waals surface area contributed by atoms with Crippen LogP contribution in [0, 0.1) is 0 Å². The monoisotopic (exact) mass is 310 g/mol. The van der Waals surface area contributed by atoms with Gasteiger partial charge in [-0.15, -0.1) is 0 Å². The number of urea groups is 1. The molecule has 0 unspecified atom stereocenters. The number of likely N-dealkylation sites (tertiary alicyclic amines) is 1. The molecule has 5 heteroatoms. The number of nitrogens with zero attached hydrogens (tertiary/aromatic N) is 1. The first kappa shape index (κ1) is 15.2. The highest BCUT2D eigenvalue weighted by Gasteiger charge is 2.24. The molecule has 23 heavy (non-hydrogen) atoms. The zero-order valence-corrected chi connectivity index (χ0v) is 12.6. The number of carbonyl (C=O) groups is 2. The van der Waals surface area contributed by atoms with Gasteiger partial charge < -0.3 is 15.3 Å². The third-order valence-electron chi connectivity index (χ3n) is 3.86. The summed E-state index contributed by atoms with van der Waals surface area (Å²) in [4.78, 5) is 26.1. The Bertz CT molecular complexity index is 715. The fraction of sp³-hybridized carbons (Fsp3) is 0.222. The summed E-state index contributed by atoms with van der Waals surface area (Å²) in [6.45, 7) is 0.879. The molecule has 0 spiro atoms. The molecule has 0 aromatic heterocycles. The number of aliphatic hydroxyl groups excluding tert-OH is 1. The van der Waals surface area contributed by atoms with E-state index in [1.54, 1.807) is 41.3 Å². The number of carbonyl (C=O) groups excluding carboxylic acids is 2. The third kappa shape index (κ3) is 3.57. The summed E-state index contributed by atoms with van der Waals surface area (Å²) in [5.41, 5.74) is 1.70. The molecule has 2 aromatic carbocycles. The molecule has 2 N–H and O–H groups in total. The molecule has 1 fully saturated rings. The number of hydrogen-bond acceptors (Lipinski definition) is 3. The van der Waals surface area contributed by atoms with Crippen LogP contribution in [0.4, 0.5) is 10.5 Å². The average molecular weight is 310 g/mol. The molecule has 1 heterocycles. The maximum Gasteiger partial charge on any atom is 0.321 e. The summed E-state index contributed by atoms with van der Waals surface area (Å²) in [7, 11) is 0. The number of hydrogen-bond donors (Lipinski definition) is 2. The van der Waals surface area contributed by atoms with E-state index in [4.69, 9.17) is 0 Å². The quantitative estimate of drug-likeness (QED) is 0.856. The van der Waals surface area contributed by atoms with Gasteiger partial charge in [-0.25, -0.2) is 4.79 Å². The van der Waals surface area contributed by atoms with Crippen molar-refractivity contribution in [2.75, 3.05) is 18.4 Å². The van der Waals surface area contributed by atoms with Gasteiger partial charge in [0, 0.05) is 29.9 Å². The van der Waals surface area contributed by atoms with Crippen LogP contribution in [0.1, 0.15) is 22.3 Å². The molecule has 1 saturated heterocycles. The lowest BCUT2D eigenvalue weighted by Gasteiger charge is -2.16. The lowest BCUT2D eigenvalue weighted by atomic mass is 10.0. The molecule has 3 rings (SSSR count). The molecule has 0 bridgehead atoms. The number of nitrogens with one attached hydrogen (secondary N) is 1. The van der Waals surface area contributed by atoms with Gasteiger partial charge >= 0.3 is 6.03 Å². The van der Waals surface area contributed by atoms with Crippen LogP contribution in [0.25, 0.3) is 0 Å². The number of amides is 2. The smallest absolute Gasteiger partial charge is 0.321 e.